The molecule has 0 aliphatic rings. The summed E-state index contributed by atoms with van der Waals surface area (Å²) in [6.45, 7) is 13.9. The van der Waals surface area contributed by atoms with Gasteiger partial charge in [-0.15, -0.1) is 0 Å². The van der Waals surface area contributed by atoms with Crippen molar-refractivity contribution in [3.63, 3.8) is 0 Å². The highest BCUT2D eigenvalue weighted by molar-refractivity contribution is 7.44. The number of nitrogens with one attached hydrogen (secondary N) is 1. The highest BCUT2D eigenvalue weighted by atomic mass is 31.2. The van der Waals surface area contributed by atoms with Gasteiger partial charge < -0.3 is 23.9 Å². The van der Waals surface area contributed by atoms with Gasteiger partial charge in [0.25, 0.3) is 8.53 Å². The van der Waals surface area contributed by atoms with Crippen LogP contribution in [0.15, 0.2) is 0 Å². The summed E-state index contributed by atoms with van der Waals surface area (Å²) in [7, 11) is -1.29. The van der Waals surface area contributed by atoms with E-state index < -0.39 is 8.53 Å². The molecule has 2 unspecified atom stereocenters. The number of nitriles is 1. The average molecular weight is 460 g/mol. The molecule has 0 radical (unpaired) electrons. The summed E-state index contributed by atoms with van der Waals surface area (Å²) in [5, 5.41) is 11.7. The predicted octanol–water partition coefficient (Wildman–Crippen LogP) is 4.34. The Bertz CT molecular complexity index is 532. The molecule has 0 aliphatic heterocycles. The Kier molecular flexibility index (Phi) is 17.8. The molecule has 0 rings (SSSR count). The molecule has 1 amide bonds. The van der Waals surface area contributed by atoms with Crippen LogP contribution in [0.5, 0.6) is 0 Å². The molecule has 0 fully saturated rings. The van der Waals surface area contributed by atoms with E-state index in [0.29, 0.717) is 58.5 Å². The lowest BCUT2D eigenvalue weighted by Gasteiger charge is -2.37. The summed E-state index contributed by atoms with van der Waals surface area (Å²) in [6.07, 6.45) is 3.15. The van der Waals surface area contributed by atoms with Crippen molar-refractivity contribution in [3.05, 3.63) is 0 Å². The molecule has 0 aromatic carbocycles. The fourth-order valence-corrected chi connectivity index (χ4v) is 4.62. The van der Waals surface area contributed by atoms with Gasteiger partial charge in [0.2, 0.25) is 5.91 Å². The maximum Gasteiger partial charge on any atom is 0.259 e. The molecule has 0 heterocycles. The van der Waals surface area contributed by atoms with E-state index in [-0.39, 0.29) is 29.9 Å². The second-order valence-corrected chi connectivity index (χ2v) is 9.42. The third-order valence-corrected chi connectivity index (χ3v) is 6.56. The molecule has 0 saturated carbocycles. The van der Waals surface area contributed by atoms with Crippen LogP contribution in [-0.2, 0) is 23.4 Å². The maximum absolute atomic E-state index is 11.7. The topological polar surface area (TPSA) is 101 Å². The smallest absolute Gasteiger partial charge is 0.259 e. The summed E-state index contributed by atoms with van der Waals surface area (Å²) in [6, 6.07) is 2.62. The third kappa shape index (κ3) is 15.4. The normalized spacial score (nSPS) is 13.4. The first-order valence-electron chi connectivity index (χ1n) is 11.3. The molecule has 9 heteroatoms. The summed E-state index contributed by atoms with van der Waals surface area (Å²) < 4.78 is 20.2. The molecule has 0 aromatic heterocycles. The van der Waals surface area contributed by atoms with Gasteiger partial charge in [-0.1, -0.05) is 6.92 Å². The van der Waals surface area contributed by atoms with Gasteiger partial charge in [-0.05, 0) is 53.9 Å². The van der Waals surface area contributed by atoms with Gasteiger partial charge in [0.1, 0.15) is 5.78 Å². The van der Waals surface area contributed by atoms with E-state index in [9.17, 15) is 9.59 Å². The number of nitrogens with zero attached hydrogens (tertiary/aromatic N) is 2. The Morgan fingerprint density at radius 2 is 1.77 bits per heavy atom. The Balaban J connectivity index is 4.35. The fourth-order valence-electron chi connectivity index (χ4n) is 2.85. The van der Waals surface area contributed by atoms with Crippen molar-refractivity contribution in [2.24, 2.45) is 0 Å². The second kappa shape index (κ2) is 18.5. The Labute approximate surface area is 189 Å². The monoisotopic (exact) mass is 459 g/mol. The minimum Gasteiger partial charge on any atom is -0.379 e. The molecular formula is C22H42N3O5P. The quantitative estimate of drug-likeness (QED) is 0.226. The lowest BCUT2D eigenvalue weighted by atomic mass is 10.2. The largest absolute Gasteiger partial charge is 0.379 e. The zero-order valence-corrected chi connectivity index (χ0v) is 21.1. The molecular weight excluding hydrogens is 417 g/mol. The Hall–Kier alpha value is -1.10. The molecule has 8 nitrogen and oxygen atoms in total. The number of carbonyl (C=O) groups excluding carboxylic acids is 2. The number of ketones is 1. The number of rotatable bonds is 19. The molecule has 180 valence electrons. The van der Waals surface area contributed by atoms with Crippen LogP contribution in [0.3, 0.4) is 0 Å². The number of amides is 1. The number of hydrogen-bond donors (Lipinski definition) is 1. The van der Waals surface area contributed by atoms with E-state index in [2.05, 4.69) is 43.8 Å². The summed E-state index contributed by atoms with van der Waals surface area (Å²) in [5.41, 5.74) is 0. The van der Waals surface area contributed by atoms with Crippen molar-refractivity contribution in [2.75, 3.05) is 26.4 Å². The number of Topliss-reactive ketones (excluding diaryl/α,β-unsaturated/α-hetero) is 1. The van der Waals surface area contributed by atoms with Crippen molar-refractivity contribution in [1.29, 1.82) is 5.26 Å². The molecule has 1 N–H and O–H groups in total. The first-order valence-corrected chi connectivity index (χ1v) is 12.4. The summed E-state index contributed by atoms with van der Waals surface area (Å²) >= 11 is 0. The second-order valence-electron chi connectivity index (χ2n) is 8.02. The first kappa shape index (κ1) is 29.9. The van der Waals surface area contributed by atoms with E-state index in [0.717, 1.165) is 6.42 Å². The van der Waals surface area contributed by atoms with Gasteiger partial charge in [-0.3, -0.25) is 4.79 Å². The predicted molar refractivity (Wildman–Crippen MR) is 123 cm³/mol. The highest BCUT2D eigenvalue weighted by Gasteiger charge is 2.29. The summed E-state index contributed by atoms with van der Waals surface area (Å²) in [4.78, 5) is 22.6. The SMILES string of the molecule is CCC(COCCCNC(=O)CCCC(C)=O)OP(OCCC#N)N(C(C)C)C(C)C. The van der Waals surface area contributed by atoms with E-state index >= 15 is 0 Å². The minimum absolute atomic E-state index is 0.0290. The number of hydrogen-bond acceptors (Lipinski definition) is 7. The van der Waals surface area contributed by atoms with Crippen LogP contribution in [0.2, 0.25) is 0 Å². The molecule has 2 atom stereocenters. The molecule has 31 heavy (non-hydrogen) atoms. The molecule has 0 saturated heterocycles. The van der Waals surface area contributed by atoms with Crippen LogP contribution in [0.4, 0.5) is 0 Å². The van der Waals surface area contributed by atoms with Gasteiger partial charge in [0.15, 0.2) is 0 Å². The first-order chi connectivity index (χ1) is 14.7. The van der Waals surface area contributed by atoms with Gasteiger partial charge in [0, 0.05) is 38.1 Å². The number of ether oxygens (including phenoxy) is 1. The van der Waals surface area contributed by atoms with Crippen LogP contribution in [0.1, 0.15) is 80.1 Å². The molecule has 0 spiro atoms. The highest BCUT2D eigenvalue weighted by Crippen LogP contribution is 2.47. The van der Waals surface area contributed by atoms with Crippen LogP contribution < -0.4 is 5.32 Å². The van der Waals surface area contributed by atoms with Gasteiger partial charge in [-0.25, -0.2) is 4.67 Å². The molecule has 0 aliphatic carbocycles. The Morgan fingerprint density at radius 3 is 2.32 bits per heavy atom. The van der Waals surface area contributed by atoms with Crippen molar-refractivity contribution in [1.82, 2.24) is 9.99 Å². The molecule has 0 bridgehead atoms. The van der Waals surface area contributed by atoms with Crippen LogP contribution in [-0.4, -0.2) is 60.9 Å². The summed E-state index contributed by atoms with van der Waals surface area (Å²) in [5.74, 6) is 0.0802. The van der Waals surface area contributed by atoms with E-state index in [1.165, 1.54) is 6.92 Å². The van der Waals surface area contributed by atoms with Gasteiger partial charge >= 0.3 is 0 Å². The fraction of sp³-hybridized carbons (Fsp3) is 0.864. The molecule has 0 aromatic rings. The lowest BCUT2D eigenvalue weighted by Crippen LogP contribution is -2.35. The maximum atomic E-state index is 11.7. The van der Waals surface area contributed by atoms with E-state index in [4.69, 9.17) is 19.0 Å². The standard InChI is InChI=1S/C22H42N3O5P/c1-7-21(17-28-15-10-14-24-22(27)12-8-11-20(6)26)30-31(29-16-9-13-23)25(18(2)3)19(4)5/h18-19,21H,7-12,14-17H2,1-6H3,(H,24,27). The minimum atomic E-state index is -1.29. The zero-order chi connectivity index (χ0) is 23.6. The van der Waals surface area contributed by atoms with Crippen molar-refractivity contribution in [2.45, 2.75) is 98.3 Å². The average Bonchev–Trinajstić information content (AvgIpc) is 2.68. The van der Waals surface area contributed by atoms with Crippen LogP contribution >= 0.6 is 8.53 Å². The lowest BCUT2D eigenvalue weighted by molar-refractivity contribution is -0.121. The third-order valence-electron chi connectivity index (χ3n) is 4.38. The van der Waals surface area contributed by atoms with E-state index in [1.54, 1.807) is 0 Å². The van der Waals surface area contributed by atoms with Crippen molar-refractivity contribution in [3.8, 4) is 6.07 Å². The van der Waals surface area contributed by atoms with Crippen molar-refractivity contribution < 1.29 is 23.4 Å². The van der Waals surface area contributed by atoms with Crippen LogP contribution in [0.25, 0.3) is 0 Å². The van der Waals surface area contributed by atoms with Gasteiger partial charge in [-0.2, -0.15) is 5.26 Å². The number of carbonyl (C=O) groups is 2. The zero-order valence-electron chi connectivity index (χ0n) is 20.2. The Morgan fingerprint density at radius 1 is 1.10 bits per heavy atom. The van der Waals surface area contributed by atoms with Crippen LogP contribution in [0, 0.1) is 11.3 Å². The van der Waals surface area contributed by atoms with Gasteiger partial charge in [0.05, 0.1) is 31.8 Å². The van der Waals surface area contributed by atoms with Crippen molar-refractivity contribution >= 4 is 20.2 Å². The van der Waals surface area contributed by atoms with E-state index in [1.807, 2.05) is 6.92 Å².